The summed E-state index contributed by atoms with van der Waals surface area (Å²) in [5.74, 6) is 0.409. The lowest BCUT2D eigenvalue weighted by Crippen LogP contribution is -1.98. The van der Waals surface area contributed by atoms with Crippen LogP contribution in [0.3, 0.4) is 0 Å². The van der Waals surface area contributed by atoms with Crippen LogP contribution in [0.15, 0.2) is 36.7 Å². The van der Waals surface area contributed by atoms with Crippen molar-refractivity contribution >= 4 is 5.82 Å². The molecule has 0 aliphatic rings. The van der Waals surface area contributed by atoms with E-state index in [1.165, 1.54) is 0 Å². The normalized spacial score (nSPS) is 10.2. The number of hydrogen-bond donors (Lipinski definition) is 2. The average Bonchev–Trinajstić information content (AvgIpc) is 2.30. The van der Waals surface area contributed by atoms with Crippen molar-refractivity contribution in [3.8, 4) is 11.1 Å². The van der Waals surface area contributed by atoms with Gasteiger partial charge in [0.25, 0.3) is 0 Å². The highest BCUT2D eigenvalue weighted by atomic mass is 16.3. The molecule has 0 fully saturated rings. The van der Waals surface area contributed by atoms with Crippen molar-refractivity contribution in [1.82, 2.24) is 9.97 Å². The zero-order chi connectivity index (χ0) is 10.7. The number of rotatable bonds is 2. The largest absolute Gasteiger partial charge is 0.390 e. The Bertz CT molecular complexity index is 457. The maximum Gasteiger partial charge on any atom is 0.123 e. The Kier molecular flexibility index (Phi) is 2.60. The minimum atomic E-state index is -0.130. The summed E-state index contributed by atoms with van der Waals surface area (Å²) in [7, 11) is 0. The zero-order valence-electron chi connectivity index (χ0n) is 8.09. The second kappa shape index (κ2) is 4.06. The maximum atomic E-state index is 9.17. The maximum absolute atomic E-state index is 9.17. The third-order valence-electron chi connectivity index (χ3n) is 2.12. The third kappa shape index (κ3) is 1.94. The Labute approximate surface area is 87.4 Å². The number of nitrogen functional groups attached to an aromatic ring is 1. The molecule has 0 amide bonds. The molecule has 15 heavy (non-hydrogen) atoms. The molecule has 2 aromatic heterocycles. The van der Waals surface area contributed by atoms with Gasteiger partial charge in [0.1, 0.15) is 5.82 Å². The molecule has 4 heteroatoms. The van der Waals surface area contributed by atoms with Gasteiger partial charge < -0.3 is 10.8 Å². The standard InChI is InChI=1S/C11H11N3O/c12-11-4-3-9(10(7-15)14-11)8-2-1-5-13-6-8/h1-6,15H,7H2,(H2,12,14). The van der Waals surface area contributed by atoms with Gasteiger partial charge in [-0.2, -0.15) is 0 Å². The average molecular weight is 201 g/mol. The third-order valence-corrected chi connectivity index (χ3v) is 2.12. The number of aromatic nitrogens is 2. The Morgan fingerprint density at radius 3 is 2.80 bits per heavy atom. The molecule has 0 spiro atoms. The minimum absolute atomic E-state index is 0.130. The van der Waals surface area contributed by atoms with Crippen LogP contribution in [0.2, 0.25) is 0 Å². The molecule has 0 unspecified atom stereocenters. The number of hydrogen-bond acceptors (Lipinski definition) is 4. The van der Waals surface area contributed by atoms with Crippen molar-refractivity contribution in [1.29, 1.82) is 0 Å². The first-order valence-electron chi connectivity index (χ1n) is 4.58. The van der Waals surface area contributed by atoms with E-state index >= 15 is 0 Å². The van der Waals surface area contributed by atoms with Crippen molar-refractivity contribution in [2.45, 2.75) is 6.61 Å². The molecule has 2 aromatic rings. The SMILES string of the molecule is Nc1ccc(-c2cccnc2)c(CO)n1. The van der Waals surface area contributed by atoms with Crippen LogP contribution in [0.25, 0.3) is 11.1 Å². The van der Waals surface area contributed by atoms with E-state index in [9.17, 15) is 0 Å². The lowest BCUT2D eigenvalue weighted by molar-refractivity contribution is 0.277. The van der Waals surface area contributed by atoms with Gasteiger partial charge in [0.05, 0.1) is 12.3 Å². The van der Waals surface area contributed by atoms with Gasteiger partial charge in [-0.25, -0.2) is 4.98 Å². The molecule has 76 valence electrons. The van der Waals surface area contributed by atoms with E-state index in [-0.39, 0.29) is 6.61 Å². The molecule has 0 saturated heterocycles. The van der Waals surface area contributed by atoms with Gasteiger partial charge in [0, 0.05) is 23.5 Å². The van der Waals surface area contributed by atoms with Crippen LogP contribution in [0.5, 0.6) is 0 Å². The van der Waals surface area contributed by atoms with Crippen molar-refractivity contribution in [3.05, 3.63) is 42.4 Å². The molecule has 0 bridgehead atoms. The second-order valence-electron chi connectivity index (χ2n) is 3.13. The van der Waals surface area contributed by atoms with E-state index in [0.717, 1.165) is 11.1 Å². The van der Waals surface area contributed by atoms with E-state index in [0.29, 0.717) is 11.5 Å². The molecule has 0 aliphatic carbocycles. The summed E-state index contributed by atoms with van der Waals surface area (Å²) < 4.78 is 0. The van der Waals surface area contributed by atoms with Gasteiger partial charge in [0.15, 0.2) is 0 Å². The first-order valence-corrected chi connectivity index (χ1v) is 4.58. The highest BCUT2D eigenvalue weighted by Gasteiger charge is 2.05. The number of aliphatic hydroxyl groups is 1. The van der Waals surface area contributed by atoms with Crippen LogP contribution >= 0.6 is 0 Å². The van der Waals surface area contributed by atoms with Gasteiger partial charge in [-0.15, -0.1) is 0 Å². The fourth-order valence-corrected chi connectivity index (χ4v) is 1.42. The summed E-state index contributed by atoms with van der Waals surface area (Å²) in [5.41, 5.74) is 7.90. The van der Waals surface area contributed by atoms with Crippen molar-refractivity contribution in [3.63, 3.8) is 0 Å². The topological polar surface area (TPSA) is 72.0 Å². The fourth-order valence-electron chi connectivity index (χ4n) is 1.42. The van der Waals surface area contributed by atoms with Gasteiger partial charge >= 0.3 is 0 Å². The fraction of sp³-hybridized carbons (Fsp3) is 0.0909. The molecule has 0 saturated carbocycles. The Morgan fingerprint density at radius 1 is 1.27 bits per heavy atom. The first kappa shape index (κ1) is 9.61. The first-order chi connectivity index (χ1) is 7.31. The molecule has 2 heterocycles. The van der Waals surface area contributed by atoms with E-state index in [4.69, 9.17) is 10.8 Å². The molecule has 4 nitrogen and oxygen atoms in total. The van der Waals surface area contributed by atoms with Crippen LogP contribution < -0.4 is 5.73 Å². The summed E-state index contributed by atoms with van der Waals surface area (Å²) in [4.78, 5) is 8.09. The van der Waals surface area contributed by atoms with Crippen molar-refractivity contribution in [2.75, 3.05) is 5.73 Å². The Morgan fingerprint density at radius 2 is 2.13 bits per heavy atom. The number of pyridine rings is 2. The van der Waals surface area contributed by atoms with Gasteiger partial charge in [-0.3, -0.25) is 4.98 Å². The monoisotopic (exact) mass is 201 g/mol. The van der Waals surface area contributed by atoms with E-state index in [2.05, 4.69) is 9.97 Å². The molecule has 0 aromatic carbocycles. The van der Waals surface area contributed by atoms with E-state index in [1.54, 1.807) is 18.5 Å². The highest BCUT2D eigenvalue weighted by Crippen LogP contribution is 2.22. The molecule has 0 radical (unpaired) electrons. The smallest absolute Gasteiger partial charge is 0.123 e. The van der Waals surface area contributed by atoms with Crippen molar-refractivity contribution in [2.24, 2.45) is 0 Å². The van der Waals surface area contributed by atoms with Crippen LogP contribution in [0.4, 0.5) is 5.82 Å². The van der Waals surface area contributed by atoms with Gasteiger partial charge in [0.2, 0.25) is 0 Å². The number of anilines is 1. The molecule has 3 N–H and O–H groups in total. The van der Waals surface area contributed by atoms with Crippen LogP contribution in [0, 0.1) is 0 Å². The number of nitrogens with zero attached hydrogens (tertiary/aromatic N) is 2. The lowest BCUT2D eigenvalue weighted by atomic mass is 10.1. The molecule has 2 rings (SSSR count). The van der Waals surface area contributed by atoms with Crippen LogP contribution in [-0.4, -0.2) is 15.1 Å². The highest BCUT2D eigenvalue weighted by molar-refractivity contribution is 5.65. The lowest BCUT2D eigenvalue weighted by Gasteiger charge is -2.06. The minimum Gasteiger partial charge on any atom is -0.390 e. The van der Waals surface area contributed by atoms with E-state index < -0.39 is 0 Å². The van der Waals surface area contributed by atoms with Crippen LogP contribution in [0.1, 0.15) is 5.69 Å². The van der Waals surface area contributed by atoms with E-state index in [1.807, 2.05) is 18.2 Å². The number of aliphatic hydroxyl groups excluding tert-OH is 1. The van der Waals surface area contributed by atoms with Crippen molar-refractivity contribution < 1.29 is 5.11 Å². The summed E-state index contributed by atoms with van der Waals surface area (Å²) in [6.45, 7) is -0.130. The molecular formula is C11H11N3O. The van der Waals surface area contributed by atoms with Gasteiger partial charge in [-0.1, -0.05) is 6.07 Å². The molecule has 0 atom stereocenters. The summed E-state index contributed by atoms with van der Waals surface area (Å²) in [6.07, 6.45) is 3.43. The predicted octanol–water partition coefficient (Wildman–Crippen LogP) is 1.22. The summed E-state index contributed by atoms with van der Waals surface area (Å²) >= 11 is 0. The summed E-state index contributed by atoms with van der Waals surface area (Å²) in [5, 5.41) is 9.17. The number of nitrogens with two attached hydrogens (primary N) is 1. The molecule has 0 aliphatic heterocycles. The van der Waals surface area contributed by atoms with Crippen LogP contribution in [-0.2, 0) is 6.61 Å². The summed E-state index contributed by atoms with van der Waals surface area (Å²) in [6, 6.07) is 7.30. The van der Waals surface area contributed by atoms with Gasteiger partial charge in [-0.05, 0) is 18.2 Å². The predicted molar refractivity (Wildman–Crippen MR) is 57.8 cm³/mol. The zero-order valence-corrected chi connectivity index (χ0v) is 8.09. The molecular weight excluding hydrogens is 190 g/mol. The Hall–Kier alpha value is -1.94. The Balaban J connectivity index is 2.53. The second-order valence-corrected chi connectivity index (χ2v) is 3.13. The quantitative estimate of drug-likeness (QED) is 0.766.